The Morgan fingerprint density at radius 1 is 1.00 bits per heavy atom. The molecule has 6 heteroatoms. The van der Waals surface area contributed by atoms with Gasteiger partial charge in [0.25, 0.3) is 0 Å². The molecule has 3 rings (SSSR count). The highest BCUT2D eigenvalue weighted by Gasteiger charge is 2.29. The van der Waals surface area contributed by atoms with Crippen LogP contribution in [0.25, 0.3) is 0 Å². The minimum absolute atomic E-state index is 0.0665. The zero-order valence-electron chi connectivity index (χ0n) is 17.7. The Balaban J connectivity index is 1.40. The molecule has 0 bridgehead atoms. The molecular weight excluding hydrogens is 368 g/mol. The maximum absolute atomic E-state index is 12.7. The lowest BCUT2D eigenvalue weighted by molar-refractivity contribution is -0.137. The van der Waals surface area contributed by atoms with E-state index in [1.54, 1.807) is 14.2 Å². The van der Waals surface area contributed by atoms with E-state index in [4.69, 9.17) is 9.47 Å². The number of aryl methyl sites for hydroxylation is 1. The molecule has 6 nitrogen and oxygen atoms in total. The van der Waals surface area contributed by atoms with Gasteiger partial charge in [-0.3, -0.25) is 9.59 Å². The van der Waals surface area contributed by atoms with Crippen molar-refractivity contribution in [2.24, 2.45) is 5.92 Å². The highest BCUT2D eigenvalue weighted by molar-refractivity contribution is 5.79. The van der Waals surface area contributed by atoms with E-state index in [1.807, 2.05) is 23.1 Å². The Kier molecular flexibility index (Phi) is 7.78. The average Bonchev–Trinajstić information content (AvgIpc) is 2.78. The molecule has 0 aromatic heterocycles. The molecule has 2 fully saturated rings. The zero-order valence-corrected chi connectivity index (χ0v) is 17.7. The van der Waals surface area contributed by atoms with Crippen LogP contribution in [0.4, 0.5) is 0 Å². The normalized spacial score (nSPS) is 18.3. The van der Waals surface area contributed by atoms with E-state index in [2.05, 4.69) is 5.32 Å². The number of piperidine rings is 1. The SMILES string of the molecule is COc1ccc(CCC(=O)NC2CCN(C(=O)C3CCCCC3)CC2)cc1OC. The first-order valence-electron chi connectivity index (χ1n) is 10.9. The molecule has 1 aromatic rings. The molecule has 1 heterocycles. The molecule has 0 unspecified atom stereocenters. The van der Waals surface area contributed by atoms with Gasteiger partial charge in [-0.2, -0.15) is 0 Å². The topological polar surface area (TPSA) is 67.9 Å². The second-order valence-corrected chi connectivity index (χ2v) is 8.19. The minimum Gasteiger partial charge on any atom is -0.493 e. The van der Waals surface area contributed by atoms with Crippen molar-refractivity contribution in [3.05, 3.63) is 23.8 Å². The highest BCUT2D eigenvalue weighted by Crippen LogP contribution is 2.28. The van der Waals surface area contributed by atoms with Crippen LogP contribution in [0.5, 0.6) is 11.5 Å². The van der Waals surface area contributed by atoms with Gasteiger partial charge in [-0.1, -0.05) is 25.3 Å². The van der Waals surface area contributed by atoms with Gasteiger partial charge >= 0.3 is 0 Å². The van der Waals surface area contributed by atoms with E-state index >= 15 is 0 Å². The van der Waals surface area contributed by atoms with Crippen LogP contribution in [-0.2, 0) is 16.0 Å². The molecule has 1 aromatic carbocycles. The molecular formula is C23H34N2O4. The Labute approximate surface area is 173 Å². The molecule has 2 aliphatic rings. The average molecular weight is 403 g/mol. The molecule has 1 saturated carbocycles. The van der Waals surface area contributed by atoms with Gasteiger partial charge in [0, 0.05) is 31.5 Å². The van der Waals surface area contributed by atoms with Crippen LogP contribution >= 0.6 is 0 Å². The van der Waals surface area contributed by atoms with E-state index in [9.17, 15) is 9.59 Å². The Hall–Kier alpha value is -2.24. The summed E-state index contributed by atoms with van der Waals surface area (Å²) in [6, 6.07) is 5.92. The van der Waals surface area contributed by atoms with Crippen LogP contribution in [0.15, 0.2) is 18.2 Å². The number of benzene rings is 1. The standard InChI is InChI=1S/C23H34N2O4/c1-28-20-10-8-17(16-21(20)29-2)9-11-22(26)24-19-12-14-25(15-13-19)23(27)18-6-4-3-5-7-18/h8,10,16,18-19H,3-7,9,11-15H2,1-2H3,(H,24,26). The number of carbonyl (C=O) groups excluding carboxylic acids is 2. The third kappa shape index (κ3) is 5.87. The van der Waals surface area contributed by atoms with Crippen molar-refractivity contribution >= 4 is 11.8 Å². The van der Waals surface area contributed by atoms with Crippen LogP contribution in [0, 0.1) is 5.92 Å². The third-order valence-corrected chi connectivity index (χ3v) is 6.21. The molecule has 1 N–H and O–H groups in total. The number of nitrogens with zero attached hydrogens (tertiary/aromatic N) is 1. The smallest absolute Gasteiger partial charge is 0.225 e. The van der Waals surface area contributed by atoms with E-state index in [-0.39, 0.29) is 17.9 Å². The van der Waals surface area contributed by atoms with E-state index < -0.39 is 0 Å². The fraction of sp³-hybridized carbons (Fsp3) is 0.652. The summed E-state index contributed by atoms with van der Waals surface area (Å²) in [5.41, 5.74) is 1.05. The molecule has 2 amide bonds. The van der Waals surface area contributed by atoms with Crippen LogP contribution < -0.4 is 14.8 Å². The maximum atomic E-state index is 12.7. The van der Waals surface area contributed by atoms with Gasteiger partial charge in [-0.15, -0.1) is 0 Å². The zero-order chi connectivity index (χ0) is 20.6. The summed E-state index contributed by atoms with van der Waals surface area (Å²) in [5, 5.41) is 3.15. The monoisotopic (exact) mass is 402 g/mol. The summed E-state index contributed by atoms with van der Waals surface area (Å²) in [6.07, 6.45) is 8.52. The van der Waals surface area contributed by atoms with Crippen molar-refractivity contribution in [2.75, 3.05) is 27.3 Å². The van der Waals surface area contributed by atoms with Crippen molar-refractivity contribution < 1.29 is 19.1 Å². The molecule has 0 radical (unpaired) electrons. The van der Waals surface area contributed by atoms with Gasteiger partial charge in [0.2, 0.25) is 11.8 Å². The summed E-state index contributed by atoms with van der Waals surface area (Å²) >= 11 is 0. The number of amides is 2. The summed E-state index contributed by atoms with van der Waals surface area (Å²) < 4.78 is 10.6. The fourth-order valence-corrected chi connectivity index (χ4v) is 4.45. The number of methoxy groups -OCH3 is 2. The van der Waals surface area contributed by atoms with Crippen molar-refractivity contribution in [1.82, 2.24) is 10.2 Å². The van der Waals surface area contributed by atoms with Gasteiger partial charge < -0.3 is 19.7 Å². The predicted molar refractivity (Wildman–Crippen MR) is 112 cm³/mol. The van der Waals surface area contributed by atoms with E-state index in [0.717, 1.165) is 44.3 Å². The number of rotatable bonds is 7. The summed E-state index contributed by atoms with van der Waals surface area (Å²) in [4.78, 5) is 27.1. The third-order valence-electron chi connectivity index (χ3n) is 6.21. The quantitative estimate of drug-likeness (QED) is 0.760. The Bertz CT molecular complexity index is 692. The molecule has 1 saturated heterocycles. The van der Waals surface area contributed by atoms with E-state index in [1.165, 1.54) is 19.3 Å². The Morgan fingerprint density at radius 2 is 1.69 bits per heavy atom. The van der Waals surface area contributed by atoms with Crippen molar-refractivity contribution in [3.63, 3.8) is 0 Å². The van der Waals surface area contributed by atoms with Crippen LogP contribution in [0.3, 0.4) is 0 Å². The Morgan fingerprint density at radius 3 is 2.34 bits per heavy atom. The van der Waals surface area contributed by atoms with Crippen molar-refractivity contribution in [2.45, 2.75) is 63.8 Å². The molecule has 1 aliphatic heterocycles. The first-order valence-corrected chi connectivity index (χ1v) is 10.9. The van der Waals surface area contributed by atoms with Gasteiger partial charge in [0.1, 0.15) is 0 Å². The van der Waals surface area contributed by atoms with Crippen molar-refractivity contribution in [1.29, 1.82) is 0 Å². The summed E-state index contributed by atoms with van der Waals surface area (Å²) in [5.74, 6) is 2.01. The fourth-order valence-electron chi connectivity index (χ4n) is 4.45. The predicted octanol–water partition coefficient (Wildman–Crippen LogP) is 3.32. The lowest BCUT2D eigenvalue weighted by atomic mass is 9.87. The summed E-state index contributed by atoms with van der Waals surface area (Å²) in [6.45, 7) is 1.52. The number of likely N-dealkylation sites (tertiary alicyclic amines) is 1. The largest absolute Gasteiger partial charge is 0.493 e. The van der Waals surface area contributed by atoms with Crippen molar-refractivity contribution in [3.8, 4) is 11.5 Å². The second kappa shape index (κ2) is 10.5. The molecule has 0 atom stereocenters. The van der Waals surface area contributed by atoms with Gasteiger partial charge in [-0.05, 0) is 49.8 Å². The molecule has 1 aliphatic carbocycles. The molecule has 160 valence electrons. The first-order chi connectivity index (χ1) is 14.1. The number of hydrogen-bond acceptors (Lipinski definition) is 4. The maximum Gasteiger partial charge on any atom is 0.225 e. The van der Waals surface area contributed by atoms with E-state index in [0.29, 0.717) is 30.2 Å². The number of carbonyl (C=O) groups is 2. The lowest BCUT2D eigenvalue weighted by Gasteiger charge is -2.35. The second-order valence-electron chi connectivity index (χ2n) is 8.19. The molecule has 29 heavy (non-hydrogen) atoms. The first kappa shape index (κ1) is 21.5. The lowest BCUT2D eigenvalue weighted by Crippen LogP contribution is -2.48. The van der Waals surface area contributed by atoms with Gasteiger partial charge in [-0.25, -0.2) is 0 Å². The van der Waals surface area contributed by atoms with Gasteiger partial charge in [0.15, 0.2) is 11.5 Å². The number of hydrogen-bond donors (Lipinski definition) is 1. The van der Waals surface area contributed by atoms with Crippen LogP contribution in [0.1, 0.15) is 56.9 Å². The van der Waals surface area contributed by atoms with Crippen LogP contribution in [-0.4, -0.2) is 50.1 Å². The summed E-state index contributed by atoms with van der Waals surface area (Å²) in [7, 11) is 3.22. The molecule has 0 spiro atoms. The van der Waals surface area contributed by atoms with Gasteiger partial charge in [0.05, 0.1) is 14.2 Å². The number of ether oxygens (including phenoxy) is 2. The highest BCUT2D eigenvalue weighted by atomic mass is 16.5. The minimum atomic E-state index is 0.0665. The number of nitrogens with one attached hydrogen (secondary N) is 1. The van der Waals surface area contributed by atoms with Crippen LogP contribution in [0.2, 0.25) is 0 Å².